The summed E-state index contributed by atoms with van der Waals surface area (Å²) in [5.41, 5.74) is 13.0. The minimum atomic E-state index is -0.313. The third-order valence-electron chi connectivity index (χ3n) is 14.8. The molecule has 0 atom stereocenters. The summed E-state index contributed by atoms with van der Waals surface area (Å²) in [5, 5.41) is 73.2. The molecule has 0 radical (unpaired) electrons. The standard InChI is InChI=1S/C66H84O6/c1-61(2,3)49-33-45-29-41-21-37(19-39-25-51(63(7,8)9)59(71)52(26-39)64(10,11)12)23-43(55(41)67)31-47-35-50(62(4,5)6)36-48(58(47)70)32-44-24-38(22-42(56(44)68)30-46(34-49)57(45)69)20-40-27-53(65(13,14)15)60(72)54(28-40)66(16,17)18/h21-28,33-36,67-72H,19-20,29-32H2,1-18H3. The van der Waals surface area contributed by atoms with Crippen LogP contribution in [-0.2, 0) is 71.0 Å². The summed E-state index contributed by atoms with van der Waals surface area (Å²) < 4.78 is 0. The number of benzene rings is 6. The SMILES string of the molecule is CC(C)(C)c1cc2c(O)c(c1)Cc1cc(Cc3cc(C(C)(C)C)c(O)c(C(C)(C)C)c3)cc(c1O)Cc1cc(C(C)(C)C)cc(c1O)Cc1cc(Cc3cc(C(C)(C)C)c(O)c(C(C)(C)C)c3)cc(c1O)C2. The number of aromatic hydroxyl groups is 6. The molecule has 0 aromatic heterocycles. The van der Waals surface area contributed by atoms with Crippen molar-refractivity contribution in [1.82, 2.24) is 0 Å². The molecule has 1 aliphatic carbocycles. The van der Waals surface area contributed by atoms with Gasteiger partial charge in [0.2, 0.25) is 0 Å². The van der Waals surface area contributed by atoms with Gasteiger partial charge in [-0.05, 0) is 145 Å². The average molecular weight is 973 g/mol. The molecule has 0 spiro atoms. The van der Waals surface area contributed by atoms with Gasteiger partial charge in [0, 0.05) is 25.7 Å². The first-order chi connectivity index (χ1) is 32.9. The quantitative estimate of drug-likeness (QED) is 0.104. The number of fused-ring (bicyclic) bond motifs is 8. The highest BCUT2D eigenvalue weighted by Crippen LogP contribution is 2.45. The summed E-state index contributed by atoms with van der Waals surface area (Å²) in [6.07, 6.45) is 1.98. The van der Waals surface area contributed by atoms with Crippen LogP contribution in [0.5, 0.6) is 34.5 Å². The number of hydrogen-bond acceptors (Lipinski definition) is 6. The van der Waals surface area contributed by atoms with E-state index in [0.717, 1.165) is 55.6 Å². The largest absolute Gasteiger partial charge is 0.507 e. The van der Waals surface area contributed by atoms with Crippen molar-refractivity contribution in [2.75, 3.05) is 0 Å². The Balaban J connectivity index is 1.48. The Bertz CT molecular complexity index is 2690. The molecule has 6 nitrogen and oxygen atoms in total. The van der Waals surface area contributed by atoms with Crippen LogP contribution in [0.1, 0.15) is 225 Å². The summed E-state index contributed by atoms with van der Waals surface area (Å²) in [7, 11) is 0. The molecule has 0 aliphatic heterocycles. The summed E-state index contributed by atoms with van der Waals surface area (Å²) in [6.45, 7) is 38.3. The molecule has 0 fully saturated rings. The molecule has 0 saturated carbocycles. The summed E-state index contributed by atoms with van der Waals surface area (Å²) in [6, 6.07) is 24.8. The molecule has 72 heavy (non-hydrogen) atoms. The van der Waals surface area contributed by atoms with Crippen molar-refractivity contribution in [3.63, 3.8) is 0 Å². The van der Waals surface area contributed by atoms with Gasteiger partial charge in [-0.15, -0.1) is 0 Å². The number of phenols is 6. The maximum atomic E-state index is 12.5. The van der Waals surface area contributed by atoms with Crippen molar-refractivity contribution in [3.05, 3.63) is 173 Å². The van der Waals surface area contributed by atoms with E-state index in [1.54, 1.807) is 0 Å². The fourth-order valence-corrected chi connectivity index (χ4v) is 10.5. The normalized spacial score (nSPS) is 13.9. The van der Waals surface area contributed by atoms with Crippen LogP contribution in [0.15, 0.2) is 72.8 Å². The van der Waals surface area contributed by atoms with Gasteiger partial charge >= 0.3 is 0 Å². The van der Waals surface area contributed by atoms with E-state index in [0.29, 0.717) is 68.8 Å². The van der Waals surface area contributed by atoms with Gasteiger partial charge in [0.15, 0.2) is 0 Å². The Morgan fingerprint density at radius 3 is 0.611 bits per heavy atom. The molecule has 6 N–H and O–H groups in total. The maximum Gasteiger partial charge on any atom is 0.123 e. The van der Waals surface area contributed by atoms with Crippen LogP contribution >= 0.6 is 0 Å². The molecular weight excluding hydrogens is 889 g/mol. The zero-order valence-corrected chi connectivity index (χ0v) is 46.9. The molecule has 1 aliphatic rings. The van der Waals surface area contributed by atoms with Crippen LogP contribution in [0.2, 0.25) is 0 Å². The van der Waals surface area contributed by atoms with Gasteiger partial charge in [0.05, 0.1) is 0 Å². The fourth-order valence-electron chi connectivity index (χ4n) is 10.5. The summed E-state index contributed by atoms with van der Waals surface area (Å²) in [5.74, 6) is 1.14. The summed E-state index contributed by atoms with van der Waals surface area (Å²) in [4.78, 5) is 0. The van der Waals surface area contributed by atoms with Gasteiger partial charge in [-0.1, -0.05) is 197 Å². The maximum absolute atomic E-state index is 12.5. The molecule has 0 saturated heterocycles. The van der Waals surface area contributed by atoms with Gasteiger partial charge < -0.3 is 30.6 Å². The second-order valence-electron chi connectivity index (χ2n) is 27.5. The fraction of sp³-hybridized carbons (Fsp3) is 0.455. The zero-order chi connectivity index (χ0) is 53.6. The highest BCUT2D eigenvalue weighted by Gasteiger charge is 2.30. The molecule has 6 heteroatoms. The lowest BCUT2D eigenvalue weighted by Gasteiger charge is -2.28. The minimum Gasteiger partial charge on any atom is -0.507 e. The molecule has 0 unspecified atom stereocenters. The van der Waals surface area contributed by atoms with Crippen molar-refractivity contribution in [2.24, 2.45) is 0 Å². The Labute approximate surface area is 431 Å². The van der Waals surface area contributed by atoms with Crippen molar-refractivity contribution >= 4 is 0 Å². The minimum absolute atomic E-state index is 0.122. The van der Waals surface area contributed by atoms with E-state index in [-0.39, 0.29) is 81.2 Å². The van der Waals surface area contributed by atoms with E-state index in [1.165, 1.54) is 0 Å². The predicted octanol–water partition coefficient (Wildman–Crippen LogP) is 15.6. The van der Waals surface area contributed by atoms with Gasteiger partial charge in [0.1, 0.15) is 34.5 Å². The second kappa shape index (κ2) is 18.6. The molecule has 384 valence electrons. The lowest BCUT2D eigenvalue weighted by atomic mass is 9.77. The predicted molar refractivity (Wildman–Crippen MR) is 298 cm³/mol. The summed E-state index contributed by atoms with van der Waals surface area (Å²) >= 11 is 0. The Kier molecular flexibility index (Phi) is 13.9. The first kappa shape index (κ1) is 53.9. The van der Waals surface area contributed by atoms with Gasteiger partial charge in [-0.25, -0.2) is 0 Å². The van der Waals surface area contributed by atoms with E-state index >= 15 is 0 Å². The zero-order valence-electron chi connectivity index (χ0n) is 46.9. The van der Waals surface area contributed by atoms with Crippen LogP contribution in [0.25, 0.3) is 0 Å². The van der Waals surface area contributed by atoms with Crippen LogP contribution in [-0.4, -0.2) is 30.6 Å². The molecule has 0 amide bonds. The van der Waals surface area contributed by atoms with Crippen LogP contribution in [0.4, 0.5) is 0 Å². The van der Waals surface area contributed by atoms with Crippen molar-refractivity contribution < 1.29 is 30.6 Å². The third-order valence-corrected chi connectivity index (χ3v) is 14.8. The smallest absolute Gasteiger partial charge is 0.123 e. The van der Waals surface area contributed by atoms with E-state index < -0.39 is 0 Å². The lowest BCUT2D eigenvalue weighted by Crippen LogP contribution is -2.18. The molecule has 6 aromatic carbocycles. The molecular formula is C66H84O6. The van der Waals surface area contributed by atoms with E-state index in [4.69, 9.17) is 0 Å². The topological polar surface area (TPSA) is 121 Å². The first-order valence-electron chi connectivity index (χ1n) is 26.0. The van der Waals surface area contributed by atoms with Crippen molar-refractivity contribution in [2.45, 2.75) is 196 Å². The number of hydrogen-bond donors (Lipinski definition) is 6. The third kappa shape index (κ3) is 11.3. The van der Waals surface area contributed by atoms with E-state index in [2.05, 4.69) is 173 Å². The van der Waals surface area contributed by atoms with Gasteiger partial charge in [0.25, 0.3) is 0 Å². The molecule has 8 bridgehead atoms. The Hall–Kier alpha value is -5.88. The average Bonchev–Trinajstić information content (AvgIpc) is 3.22. The monoisotopic (exact) mass is 973 g/mol. The highest BCUT2D eigenvalue weighted by molar-refractivity contribution is 5.60. The van der Waals surface area contributed by atoms with Crippen LogP contribution < -0.4 is 0 Å². The molecule has 7 rings (SSSR count). The first-order valence-corrected chi connectivity index (χ1v) is 26.0. The Morgan fingerprint density at radius 2 is 0.431 bits per heavy atom. The van der Waals surface area contributed by atoms with E-state index in [1.807, 2.05) is 24.3 Å². The van der Waals surface area contributed by atoms with Gasteiger partial charge in [-0.3, -0.25) is 0 Å². The molecule has 6 aromatic rings. The van der Waals surface area contributed by atoms with E-state index in [9.17, 15) is 30.6 Å². The van der Waals surface area contributed by atoms with Gasteiger partial charge in [-0.2, -0.15) is 0 Å². The molecule has 0 heterocycles. The second-order valence-corrected chi connectivity index (χ2v) is 27.5. The van der Waals surface area contributed by atoms with Crippen molar-refractivity contribution in [1.29, 1.82) is 0 Å². The Morgan fingerprint density at radius 1 is 0.250 bits per heavy atom. The highest BCUT2D eigenvalue weighted by atomic mass is 16.3. The number of rotatable bonds is 4. The number of phenolic OH excluding ortho intramolecular Hbond substituents is 6. The van der Waals surface area contributed by atoms with Crippen molar-refractivity contribution in [3.8, 4) is 34.5 Å². The van der Waals surface area contributed by atoms with Crippen LogP contribution in [0, 0.1) is 0 Å². The van der Waals surface area contributed by atoms with Crippen LogP contribution in [0.3, 0.4) is 0 Å². The lowest BCUT2D eigenvalue weighted by molar-refractivity contribution is 0.422.